The summed E-state index contributed by atoms with van der Waals surface area (Å²) in [6.45, 7) is 0. The van der Waals surface area contributed by atoms with E-state index in [1.807, 2.05) is 11.9 Å². The van der Waals surface area contributed by atoms with Gasteiger partial charge in [-0.3, -0.25) is 0 Å². The Kier molecular flexibility index (Phi) is 5.72. The van der Waals surface area contributed by atoms with Gasteiger partial charge in [0.2, 0.25) is 0 Å². The zero-order chi connectivity index (χ0) is 16.4. The van der Waals surface area contributed by atoms with Crippen LogP contribution in [0.15, 0.2) is 27.4 Å². The number of thiol groups is 1. The fraction of sp³-hybridized carbons (Fsp3) is 0.632. The molecule has 2 saturated carbocycles. The average Bonchev–Trinajstić information content (AvgIpc) is 3.02. The van der Waals surface area contributed by atoms with Gasteiger partial charge in [-0.25, -0.2) is 9.29 Å². The zero-order valence-electron chi connectivity index (χ0n) is 14.1. The molecule has 24 heavy (non-hydrogen) atoms. The predicted molar refractivity (Wildman–Crippen MR) is 108 cm³/mol. The summed E-state index contributed by atoms with van der Waals surface area (Å²) in [6, 6.07) is 8.09. The summed E-state index contributed by atoms with van der Waals surface area (Å²) in [5, 5.41) is 0. The van der Waals surface area contributed by atoms with Crippen LogP contribution in [-0.2, 0) is 0 Å². The highest BCUT2D eigenvalue weighted by atomic mass is 32.2. The molecule has 0 saturated heterocycles. The van der Waals surface area contributed by atoms with Crippen LogP contribution in [0.25, 0.3) is 10.2 Å². The number of benzene rings is 1. The molecular formula is C19H26N2S3. The molecule has 0 spiro atoms. The lowest BCUT2D eigenvalue weighted by Crippen LogP contribution is -2.40. The first-order chi connectivity index (χ1) is 11.8. The third-order valence-electron chi connectivity index (χ3n) is 5.44. The fourth-order valence-electron chi connectivity index (χ4n) is 4.22. The van der Waals surface area contributed by atoms with Crippen LogP contribution in [0.1, 0.15) is 64.2 Å². The van der Waals surface area contributed by atoms with Crippen LogP contribution in [-0.4, -0.2) is 21.4 Å². The molecule has 5 heteroatoms. The zero-order valence-corrected chi connectivity index (χ0v) is 16.6. The molecule has 2 fully saturated rings. The molecule has 4 rings (SSSR count). The van der Waals surface area contributed by atoms with E-state index in [-0.39, 0.29) is 0 Å². The molecule has 0 radical (unpaired) electrons. The Balaban J connectivity index is 1.62. The van der Waals surface area contributed by atoms with Gasteiger partial charge < -0.3 is 0 Å². The largest absolute Gasteiger partial charge is 0.240 e. The van der Waals surface area contributed by atoms with E-state index < -0.39 is 0 Å². The minimum Gasteiger partial charge on any atom is -0.240 e. The van der Waals surface area contributed by atoms with Crippen molar-refractivity contribution < 1.29 is 0 Å². The Morgan fingerprint density at radius 1 is 0.958 bits per heavy atom. The second kappa shape index (κ2) is 7.98. The van der Waals surface area contributed by atoms with Crippen LogP contribution >= 0.6 is 35.9 Å². The Morgan fingerprint density at radius 2 is 1.58 bits per heavy atom. The molecule has 0 N–H and O–H groups in total. The first kappa shape index (κ1) is 17.2. The van der Waals surface area contributed by atoms with Crippen molar-refractivity contribution in [3.8, 4) is 0 Å². The number of nitrogens with zero attached hydrogens (tertiary/aromatic N) is 2. The minimum absolute atomic E-state index is 0.746. The van der Waals surface area contributed by atoms with Crippen LogP contribution in [0.2, 0.25) is 0 Å². The summed E-state index contributed by atoms with van der Waals surface area (Å²) in [7, 11) is 0. The Labute approximate surface area is 159 Å². The van der Waals surface area contributed by atoms with Crippen molar-refractivity contribution in [2.75, 3.05) is 0 Å². The maximum Gasteiger partial charge on any atom is 0.148 e. The molecule has 130 valence electrons. The minimum atomic E-state index is 0.746. The number of rotatable bonds is 4. The highest BCUT2D eigenvalue weighted by Gasteiger charge is 2.30. The molecule has 0 amide bonds. The fourth-order valence-corrected chi connectivity index (χ4v) is 6.74. The van der Waals surface area contributed by atoms with E-state index in [1.165, 1.54) is 73.8 Å². The lowest BCUT2D eigenvalue weighted by atomic mass is 9.91. The highest BCUT2D eigenvalue weighted by Crippen LogP contribution is 2.40. The third kappa shape index (κ3) is 3.79. The van der Waals surface area contributed by atoms with Gasteiger partial charge in [0.1, 0.15) is 4.34 Å². The number of hydrogen-bond donors (Lipinski definition) is 1. The van der Waals surface area contributed by atoms with E-state index in [0.29, 0.717) is 0 Å². The number of hydrogen-bond acceptors (Lipinski definition) is 5. The smallest absolute Gasteiger partial charge is 0.148 e. The average molecular weight is 379 g/mol. The summed E-state index contributed by atoms with van der Waals surface area (Å²) < 4.78 is 4.92. The normalized spacial score (nSPS) is 20.9. The van der Waals surface area contributed by atoms with Gasteiger partial charge in [0.05, 0.1) is 15.1 Å². The third-order valence-corrected chi connectivity index (χ3v) is 7.97. The number of para-hydroxylation sites is 1. The van der Waals surface area contributed by atoms with E-state index in [4.69, 9.17) is 4.98 Å². The van der Waals surface area contributed by atoms with Gasteiger partial charge in [-0.1, -0.05) is 44.6 Å². The Morgan fingerprint density at radius 3 is 2.21 bits per heavy atom. The molecule has 2 aliphatic carbocycles. The summed E-state index contributed by atoms with van der Waals surface area (Å²) >= 11 is 8.14. The summed E-state index contributed by atoms with van der Waals surface area (Å²) in [6.07, 6.45) is 13.9. The summed E-state index contributed by atoms with van der Waals surface area (Å²) in [4.78, 5) is 6.01. The highest BCUT2D eigenvalue weighted by molar-refractivity contribution is 7.97. The Hall–Kier alpha value is -0.230. The van der Waals surface area contributed by atoms with E-state index in [2.05, 4.69) is 35.1 Å². The molecule has 2 aliphatic rings. The van der Waals surface area contributed by atoms with E-state index in [9.17, 15) is 0 Å². The molecule has 0 unspecified atom stereocenters. The van der Waals surface area contributed by atoms with E-state index in [1.54, 1.807) is 11.3 Å². The second-order valence-corrected chi connectivity index (χ2v) is 9.94. The van der Waals surface area contributed by atoms with Crippen molar-refractivity contribution in [2.24, 2.45) is 0 Å². The summed E-state index contributed by atoms with van der Waals surface area (Å²) in [5.41, 5.74) is 1.15. The molecule has 2 aromatic rings. The molecule has 1 heterocycles. The first-order valence-electron chi connectivity index (χ1n) is 9.36. The number of aromatic nitrogens is 1. The first-order valence-corrected chi connectivity index (χ1v) is 11.4. The molecule has 1 aromatic carbocycles. The van der Waals surface area contributed by atoms with Gasteiger partial charge in [-0.05, 0) is 49.8 Å². The van der Waals surface area contributed by atoms with Gasteiger partial charge in [-0.15, -0.1) is 24.0 Å². The molecule has 0 atom stereocenters. The van der Waals surface area contributed by atoms with Gasteiger partial charge in [0.25, 0.3) is 0 Å². The Bertz CT molecular complexity index is 654. The number of thiazole rings is 1. The van der Waals surface area contributed by atoms with Crippen molar-refractivity contribution >= 4 is 46.1 Å². The lowest BCUT2D eigenvalue weighted by Gasteiger charge is -2.40. The van der Waals surface area contributed by atoms with Gasteiger partial charge >= 0.3 is 0 Å². The number of fused-ring (bicyclic) bond motifs is 1. The predicted octanol–water partition coefficient (Wildman–Crippen LogP) is 6.56. The van der Waals surface area contributed by atoms with Crippen molar-refractivity contribution in [2.45, 2.75) is 85.5 Å². The second-order valence-electron chi connectivity index (χ2n) is 7.13. The molecule has 2 nitrogen and oxygen atoms in total. The van der Waals surface area contributed by atoms with Crippen LogP contribution in [0.4, 0.5) is 0 Å². The van der Waals surface area contributed by atoms with Crippen molar-refractivity contribution in [3.63, 3.8) is 0 Å². The van der Waals surface area contributed by atoms with Gasteiger partial charge in [0.15, 0.2) is 0 Å². The maximum atomic E-state index is 4.69. The van der Waals surface area contributed by atoms with Crippen LogP contribution in [0, 0.1) is 0 Å². The van der Waals surface area contributed by atoms with Gasteiger partial charge in [0, 0.05) is 12.1 Å². The van der Waals surface area contributed by atoms with Crippen molar-refractivity contribution in [1.82, 2.24) is 9.29 Å². The summed E-state index contributed by atoms with van der Waals surface area (Å²) in [5.74, 6) is 0. The van der Waals surface area contributed by atoms with Crippen LogP contribution in [0.3, 0.4) is 0 Å². The van der Waals surface area contributed by atoms with Gasteiger partial charge in [-0.2, -0.15) is 0 Å². The van der Waals surface area contributed by atoms with Crippen LogP contribution in [0.5, 0.6) is 0 Å². The molecule has 1 aromatic heterocycles. The van der Waals surface area contributed by atoms with Crippen LogP contribution < -0.4 is 0 Å². The van der Waals surface area contributed by atoms with Crippen molar-refractivity contribution in [3.05, 3.63) is 18.2 Å². The topological polar surface area (TPSA) is 16.1 Å². The van der Waals surface area contributed by atoms with Crippen molar-refractivity contribution in [1.29, 1.82) is 0 Å². The standard InChI is InChI=1S/C19H26N2S3/c22-19-20-18-16(23-19)12-7-13-17(18)24-21(14-8-3-1-4-9-14)15-10-5-2-6-11-15/h7,12-15H,1-6,8-11H2,(H,20,22). The molecular weight excluding hydrogens is 352 g/mol. The maximum absolute atomic E-state index is 4.69. The quantitative estimate of drug-likeness (QED) is 0.479. The monoisotopic (exact) mass is 378 g/mol. The lowest BCUT2D eigenvalue weighted by molar-refractivity contribution is 0.185. The molecule has 0 aliphatic heterocycles. The van der Waals surface area contributed by atoms with E-state index >= 15 is 0 Å². The SMILES string of the molecule is Sc1nc2c(SN(C3CCCCC3)C3CCCCC3)cccc2s1. The molecule has 0 bridgehead atoms. The van der Waals surface area contributed by atoms with E-state index in [0.717, 1.165) is 21.9 Å².